The van der Waals surface area contributed by atoms with Crippen LogP contribution >= 0.6 is 34.8 Å². The van der Waals surface area contributed by atoms with Crippen LogP contribution in [0.3, 0.4) is 0 Å². The van der Waals surface area contributed by atoms with Gasteiger partial charge in [0, 0.05) is 0 Å². The molecule has 0 aliphatic carbocycles. The molecule has 0 aliphatic rings. The van der Waals surface area contributed by atoms with Crippen molar-refractivity contribution in [1.29, 1.82) is 0 Å². The lowest BCUT2D eigenvalue weighted by molar-refractivity contribution is -0.117. The van der Waals surface area contributed by atoms with Crippen LogP contribution in [0.1, 0.15) is 24.5 Å². The first-order valence-corrected chi connectivity index (χ1v) is 11.5. The van der Waals surface area contributed by atoms with Crippen LogP contribution in [-0.2, 0) is 14.8 Å². The predicted octanol–water partition coefficient (Wildman–Crippen LogP) is 5.45. The molecule has 0 saturated heterocycles. The molecule has 0 heterocycles. The summed E-state index contributed by atoms with van der Waals surface area (Å²) >= 11 is 18.0. The number of carbonyl (C=O) groups is 1. The van der Waals surface area contributed by atoms with Crippen molar-refractivity contribution in [3.05, 3.63) is 56.5 Å². The van der Waals surface area contributed by atoms with Crippen molar-refractivity contribution in [1.82, 2.24) is 0 Å². The number of nitrogens with zero attached hydrogens (tertiary/aromatic N) is 1. The van der Waals surface area contributed by atoms with E-state index in [0.717, 1.165) is 21.7 Å². The fraction of sp³-hybridized carbons (Fsp3) is 0.316. The Kier molecular flexibility index (Phi) is 7.26. The van der Waals surface area contributed by atoms with E-state index in [4.69, 9.17) is 34.8 Å². The largest absolute Gasteiger partial charge is 0.323 e. The quantitative estimate of drug-likeness (QED) is 0.579. The molecule has 152 valence electrons. The van der Waals surface area contributed by atoms with Gasteiger partial charge in [0.1, 0.15) is 6.04 Å². The molecule has 0 aliphatic heterocycles. The Morgan fingerprint density at radius 2 is 1.64 bits per heavy atom. The van der Waals surface area contributed by atoms with Crippen molar-refractivity contribution in [3.63, 3.8) is 0 Å². The van der Waals surface area contributed by atoms with Gasteiger partial charge in [-0.05, 0) is 55.7 Å². The second-order valence-corrected chi connectivity index (χ2v) is 9.57. The van der Waals surface area contributed by atoms with E-state index in [9.17, 15) is 13.2 Å². The van der Waals surface area contributed by atoms with Crippen LogP contribution in [0, 0.1) is 13.8 Å². The van der Waals surface area contributed by atoms with E-state index in [1.807, 2.05) is 19.9 Å². The predicted molar refractivity (Wildman–Crippen MR) is 117 cm³/mol. The first-order chi connectivity index (χ1) is 13.0. The van der Waals surface area contributed by atoms with Gasteiger partial charge in [-0.2, -0.15) is 0 Å². The fourth-order valence-corrected chi connectivity index (χ4v) is 4.56. The lowest BCUT2D eigenvalue weighted by Crippen LogP contribution is -2.47. The summed E-state index contributed by atoms with van der Waals surface area (Å²) < 4.78 is 26.2. The molecular formula is C19H21Cl3N2O3S. The number of sulfonamides is 1. The minimum atomic E-state index is -3.73. The molecule has 28 heavy (non-hydrogen) atoms. The van der Waals surface area contributed by atoms with Gasteiger partial charge in [-0.25, -0.2) is 8.42 Å². The third kappa shape index (κ3) is 5.11. The van der Waals surface area contributed by atoms with Crippen molar-refractivity contribution < 1.29 is 13.2 Å². The maximum Gasteiger partial charge on any atom is 0.248 e. The highest BCUT2D eigenvalue weighted by Crippen LogP contribution is 2.33. The van der Waals surface area contributed by atoms with Gasteiger partial charge in [0.25, 0.3) is 0 Å². The summed E-state index contributed by atoms with van der Waals surface area (Å²) in [5, 5.41) is 3.34. The molecule has 2 rings (SSSR count). The molecule has 0 radical (unpaired) electrons. The average Bonchev–Trinajstić information content (AvgIpc) is 2.58. The van der Waals surface area contributed by atoms with Crippen LogP contribution in [0.25, 0.3) is 0 Å². The summed E-state index contributed by atoms with van der Waals surface area (Å²) in [4.78, 5) is 13.0. The number of hydrogen-bond acceptors (Lipinski definition) is 3. The molecule has 0 aromatic heterocycles. The minimum Gasteiger partial charge on any atom is -0.323 e. The first-order valence-electron chi connectivity index (χ1n) is 8.47. The van der Waals surface area contributed by atoms with E-state index >= 15 is 0 Å². The number of aryl methyl sites for hydroxylation is 2. The van der Waals surface area contributed by atoms with Crippen LogP contribution in [0.5, 0.6) is 0 Å². The van der Waals surface area contributed by atoms with E-state index in [1.165, 1.54) is 12.1 Å². The van der Waals surface area contributed by atoms with E-state index in [-0.39, 0.29) is 27.2 Å². The Balaban J connectivity index is 2.45. The summed E-state index contributed by atoms with van der Waals surface area (Å²) in [6.07, 6.45) is 1.33. The normalized spacial score (nSPS) is 12.5. The molecule has 1 N–H and O–H groups in total. The highest BCUT2D eigenvalue weighted by Gasteiger charge is 2.32. The second kappa shape index (κ2) is 8.91. The van der Waals surface area contributed by atoms with E-state index in [0.29, 0.717) is 5.69 Å². The molecule has 5 nitrogen and oxygen atoms in total. The summed E-state index contributed by atoms with van der Waals surface area (Å²) in [5.74, 6) is -0.522. The molecule has 2 aromatic rings. The molecule has 0 fully saturated rings. The summed E-state index contributed by atoms with van der Waals surface area (Å²) in [6.45, 7) is 5.55. The summed E-state index contributed by atoms with van der Waals surface area (Å²) in [5.41, 5.74) is 2.63. The molecule has 0 unspecified atom stereocenters. The van der Waals surface area contributed by atoms with Crippen molar-refractivity contribution in [2.75, 3.05) is 15.9 Å². The molecular weight excluding hydrogens is 443 g/mol. The topological polar surface area (TPSA) is 66.5 Å². The Labute approximate surface area is 180 Å². The lowest BCUT2D eigenvalue weighted by Gasteiger charge is -2.30. The Hall–Kier alpha value is -1.47. The van der Waals surface area contributed by atoms with Crippen LogP contribution in [0.4, 0.5) is 11.4 Å². The van der Waals surface area contributed by atoms with Crippen molar-refractivity contribution in [2.45, 2.75) is 33.2 Å². The van der Waals surface area contributed by atoms with E-state index in [1.54, 1.807) is 19.1 Å². The van der Waals surface area contributed by atoms with Crippen molar-refractivity contribution in [3.8, 4) is 0 Å². The molecule has 1 atom stereocenters. The van der Waals surface area contributed by atoms with Crippen molar-refractivity contribution in [2.24, 2.45) is 0 Å². The van der Waals surface area contributed by atoms with Gasteiger partial charge in [0.2, 0.25) is 15.9 Å². The van der Waals surface area contributed by atoms with E-state index in [2.05, 4.69) is 5.32 Å². The third-order valence-corrected chi connectivity index (χ3v) is 6.56. The van der Waals surface area contributed by atoms with Gasteiger partial charge >= 0.3 is 0 Å². The number of halogens is 3. The van der Waals surface area contributed by atoms with Gasteiger partial charge in [-0.15, -0.1) is 0 Å². The zero-order valence-corrected chi connectivity index (χ0v) is 19.0. The van der Waals surface area contributed by atoms with Gasteiger partial charge in [-0.1, -0.05) is 47.8 Å². The lowest BCUT2D eigenvalue weighted by atomic mass is 10.1. The molecule has 0 bridgehead atoms. The number of nitrogens with one attached hydrogen (secondary N) is 1. The zero-order chi connectivity index (χ0) is 21.2. The van der Waals surface area contributed by atoms with Crippen LogP contribution in [-0.4, -0.2) is 26.6 Å². The Morgan fingerprint density at radius 3 is 2.18 bits per heavy atom. The average molecular weight is 464 g/mol. The highest BCUT2D eigenvalue weighted by molar-refractivity contribution is 7.92. The number of amides is 1. The van der Waals surface area contributed by atoms with E-state index < -0.39 is 22.0 Å². The number of benzene rings is 2. The summed E-state index contributed by atoms with van der Waals surface area (Å²) in [6, 6.07) is 7.13. The minimum absolute atomic E-state index is 0.203. The molecule has 0 saturated carbocycles. The number of anilines is 2. The van der Waals surface area contributed by atoms with Crippen LogP contribution in [0.15, 0.2) is 30.3 Å². The fourth-order valence-electron chi connectivity index (χ4n) is 2.76. The highest BCUT2D eigenvalue weighted by atomic mass is 35.5. The van der Waals surface area contributed by atoms with Crippen LogP contribution < -0.4 is 9.62 Å². The first kappa shape index (κ1) is 22.8. The van der Waals surface area contributed by atoms with Gasteiger partial charge in [-0.3, -0.25) is 9.10 Å². The number of carbonyl (C=O) groups excluding carboxylic acids is 1. The SMILES string of the molecule is CC[C@@H](C(=O)Nc1cc(Cl)c(Cl)cc1Cl)N(c1ccc(C)c(C)c1)S(C)(=O)=O. The van der Waals surface area contributed by atoms with Crippen LogP contribution in [0.2, 0.25) is 15.1 Å². The number of rotatable bonds is 6. The standard InChI is InChI=1S/C19H21Cl3N2O3S/c1-5-18(19(25)23-17-10-15(21)14(20)9-16(17)22)24(28(4,26)27)13-7-6-11(2)12(3)8-13/h6-10,18H,5H2,1-4H3,(H,23,25)/t18-/m0/s1. The molecule has 9 heteroatoms. The maximum absolute atomic E-state index is 13.0. The summed E-state index contributed by atoms with van der Waals surface area (Å²) in [7, 11) is -3.73. The van der Waals surface area contributed by atoms with Crippen molar-refractivity contribution >= 4 is 62.1 Å². The molecule has 0 spiro atoms. The van der Waals surface area contributed by atoms with Gasteiger partial charge in [0.15, 0.2) is 0 Å². The third-order valence-electron chi connectivity index (χ3n) is 4.34. The van der Waals surface area contributed by atoms with Gasteiger partial charge < -0.3 is 5.32 Å². The monoisotopic (exact) mass is 462 g/mol. The zero-order valence-electron chi connectivity index (χ0n) is 15.9. The van der Waals surface area contributed by atoms with Gasteiger partial charge in [0.05, 0.1) is 32.7 Å². The molecule has 1 amide bonds. The number of hydrogen-bond donors (Lipinski definition) is 1. The smallest absolute Gasteiger partial charge is 0.248 e. The Morgan fingerprint density at radius 1 is 1.04 bits per heavy atom. The Bertz CT molecular complexity index is 1010. The second-order valence-electron chi connectivity index (χ2n) is 6.49. The molecule has 2 aromatic carbocycles. The maximum atomic E-state index is 13.0.